The maximum absolute atomic E-state index is 10.1. The lowest BCUT2D eigenvalue weighted by atomic mass is 10.3. The smallest absolute Gasteiger partial charge is 0.154 e. The molecule has 0 amide bonds. The van der Waals surface area contributed by atoms with Gasteiger partial charge in [-0.3, -0.25) is 9.59 Å². The van der Waals surface area contributed by atoms with Gasteiger partial charge in [0.25, 0.3) is 0 Å². The van der Waals surface area contributed by atoms with Gasteiger partial charge in [0.2, 0.25) is 0 Å². The van der Waals surface area contributed by atoms with Crippen LogP contribution in [0, 0.1) is 0 Å². The Morgan fingerprint density at radius 3 is 1.92 bits per heavy atom. The van der Waals surface area contributed by atoms with Gasteiger partial charge in [0, 0.05) is 6.42 Å². The molecule has 0 aliphatic carbocycles. The second kappa shape index (κ2) is 9.82. The van der Waals surface area contributed by atoms with E-state index >= 15 is 0 Å². The fourth-order valence-corrected chi connectivity index (χ4v) is 0.379. The summed E-state index contributed by atoms with van der Waals surface area (Å²) in [7, 11) is 0. The Balaban J connectivity index is 0. The first-order valence-corrected chi connectivity index (χ1v) is 3.87. The van der Waals surface area contributed by atoms with Gasteiger partial charge < -0.3 is 0 Å². The molecule has 0 aromatic carbocycles. The highest BCUT2D eigenvalue weighted by Gasteiger charge is 1.81. The minimum Gasteiger partial charge on any atom is -0.295 e. The van der Waals surface area contributed by atoms with E-state index in [1.54, 1.807) is 6.08 Å². The fraction of sp³-hybridized carbons (Fsp3) is 0.400. The van der Waals surface area contributed by atoms with Crippen molar-refractivity contribution in [2.24, 2.45) is 0 Å². The van der Waals surface area contributed by atoms with Crippen molar-refractivity contribution in [3.8, 4) is 0 Å². The average molecular weight is 168 g/mol. The average Bonchev–Trinajstić information content (AvgIpc) is 2.04. The molecule has 0 aromatic rings. The Morgan fingerprint density at radius 1 is 1.42 bits per heavy atom. The van der Waals surface area contributed by atoms with Gasteiger partial charge >= 0.3 is 0 Å². The second-order valence-electron chi connectivity index (χ2n) is 2.13. The third kappa shape index (κ3) is 15.9. The van der Waals surface area contributed by atoms with Crippen molar-refractivity contribution in [1.29, 1.82) is 0 Å². The number of rotatable bonds is 3. The van der Waals surface area contributed by atoms with E-state index in [4.69, 9.17) is 0 Å². The maximum atomic E-state index is 10.1. The van der Waals surface area contributed by atoms with Crippen molar-refractivity contribution in [2.45, 2.75) is 27.2 Å². The van der Waals surface area contributed by atoms with Crippen LogP contribution in [-0.2, 0) is 9.59 Å². The molecule has 0 rings (SSSR count). The molecule has 0 unspecified atom stereocenters. The molecule has 0 saturated carbocycles. The molecule has 0 aromatic heterocycles. The third-order valence-electron chi connectivity index (χ3n) is 0.978. The molecule has 2 heteroatoms. The zero-order valence-electron chi connectivity index (χ0n) is 7.96. The van der Waals surface area contributed by atoms with Crippen molar-refractivity contribution in [2.75, 3.05) is 0 Å². The predicted octanol–water partition coefficient (Wildman–Crippen LogP) is 2.30. The van der Waals surface area contributed by atoms with E-state index in [2.05, 4.69) is 6.58 Å². The van der Waals surface area contributed by atoms with Crippen LogP contribution in [-0.4, -0.2) is 11.6 Å². The Labute approximate surface area is 74.0 Å². The monoisotopic (exact) mass is 168 g/mol. The van der Waals surface area contributed by atoms with Crippen LogP contribution < -0.4 is 0 Å². The van der Waals surface area contributed by atoms with Crippen LogP contribution in [0.25, 0.3) is 0 Å². The predicted molar refractivity (Wildman–Crippen MR) is 51.0 cm³/mol. The number of allylic oxidation sites excluding steroid dienone is 3. The van der Waals surface area contributed by atoms with Crippen molar-refractivity contribution >= 4 is 11.6 Å². The maximum Gasteiger partial charge on any atom is 0.154 e. The summed E-state index contributed by atoms with van der Waals surface area (Å²) in [5, 5.41) is 0. The quantitative estimate of drug-likeness (QED) is 0.606. The van der Waals surface area contributed by atoms with E-state index in [-0.39, 0.29) is 11.6 Å². The molecule has 0 heterocycles. The van der Waals surface area contributed by atoms with Crippen molar-refractivity contribution in [1.82, 2.24) is 0 Å². The highest BCUT2D eigenvalue weighted by Crippen LogP contribution is 1.76. The molecule has 0 aliphatic heterocycles. The molecule has 0 aliphatic rings. The Bertz CT molecular complexity index is 178. The largest absolute Gasteiger partial charge is 0.295 e. The molecule has 68 valence electrons. The van der Waals surface area contributed by atoms with Crippen LogP contribution in [0.2, 0.25) is 0 Å². The zero-order chi connectivity index (χ0) is 9.98. The molecule has 0 spiro atoms. The molecule has 0 saturated heterocycles. The molecular formula is C10H16O2. The molecule has 12 heavy (non-hydrogen) atoms. The van der Waals surface area contributed by atoms with Gasteiger partial charge in [-0.25, -0.2) is 0 Å². The molecule has 0 bridgehead atoms. The van der Waals surface area contributed by atoms with Crippen LogP contribution in [0.15, 0.2) is 24.8 Å². The van der Waals surface area contributed by atoms with E-state index < -0.39 is 0 Å². The molecular weight excluding hydrogens is 152 g/mol. The van der Waals surface area contributed by atoms with Gasteiger partial charge in [0.05, 0.1) is 0 Å². The first kappa shape index (κ1) is 13.4. The minimum absolute atomic E-state index is 0.106. The number of hydrogen-bond donors (Lipinski definition) is 0. The second-order valence-corrected chi connectivity index (χ2v) is 2.13. The Kier molecular flexibility index (Phi) is 11.0. The summed E-state index contributed by atoms with van der Waals surface area (Å²) in [6.07, 6.45) is 5.16. The zero-order valence-corrected chi connectivity index (χ0v) is 7.96. The first-order valence-electron chi connectivity index (χ1n) is 3.87. The van der Waals surface area contributed by atoms with Crippen LogP contribution in [0.5, 0.6) is 0 Å². The van der Waals surface area contributed by atoms with Crippen molar-refractivity contribution in [3.63, 3.8) is 0 Å². The minimum atomic E-state index is 0.106. The third-order valence-corrected chi connectivity index (χ3v) is 0.978. The summed E-state index contributed by atoms with van der Waals surface area (Å²) in [4.78, 5) is 20.0. The van der Waals surface area contributed by atoms with Gasteiger partial charge in [-0.2, -0.15) is 0 Å². The first-order chi connectivity index (χ1) is 5.58. The fourth-order valence-electron chi connectivity index (χ4n) is 0.379. The highest BCUT2D eigenvalue weighted by atomic mass is 16.1. The van der Waals surface area contributed by atoms with Gasteiger partial charge in [0.15, 0.2) is 11.6 Å². The molecule has 2 nitrogen and oxygen atoms in total. The van der Waals surface area contributed by atoms with E-state index in [9.17, 15) is 9.59 Å². The molecule has 0 atom stereocenters. The Morgan fingerprint density at radius 2 is 1.92 bits per heavy atom. The highest BCUT2D eigenvalue weighted by molar-refractivity contribution is 5.88. The molecule has 0 radical (unpaired) electrons. The van der Waals surface area contributed by atoms with Crippen LogP contribution in [0.3, 0.4) is 0 Å². The normalized spacial score (nSPS) is 8.58. The number of hydrogen-bond acceptors (Lipinski definition) is 2. The number of carbonyl (C=O) groups excluding carboxylic acids is 2. The molecule has 0 N–H and O–H groups in total. The summed E-state index contributed by atoms with van der Waals surface area (Å²) >= 11 is 0. The summed E-state index contributed by atoms with van der Waals surface area (Å²) in [6, 6.07) is 0. The lowest BCUT2D eigenvalue weighted by Gasteiger charge is -1.75. The van der Waals surface area contributed by atoms with Crippen LogP contribution in [0.4, 0.5) is 0 Å². The molecule has 0 fully saturated rings. The standard InChI is InChI=1S/2C5H8O/c1-3-4-5(2)6;1-3-5(6)4-2/h3-4H,1-2H3;3H,1,4H2,2H3. The Hall–Kier alpha value is -1.18. The summed E-state index contributed by atoms with van der Waals surface area (Å²) in [5.41, 5.74) is 0. The van der Waals surface area contributed by atoms with E-state index in [1.807, 2.05) is 13.8 Å². The van der Waals surface area contributed by atoms with E-state index in [1.165, 1.54) is 19.1 Å². The van der Waals surface area contributed by atoms with Crippen molar-refractivity contribution in [3.05, 3.63) is 24.8 Å². The lowest BCUT2D eigenvalue weighted by Crippen LogP contribution is -1.83. The van der Waals surface area contributed by atoms with Crippen LogP contribution in [0.1, 0.15) is 27.2 Å². The summed E-state index contributed by atoms with van der Waals surface area (Å²) in [5.74, 6) is 0.215. The van der Waals surface area contributed by atoms with Gasteiger partial charge in [0.1, 0.15) is 0 Å². The summed E-state index contributed by atoms with van der Waals surface area (Å²) in [6.45, 7) is 8.44. The topological polar surface area (TPSA) is 34.1 Å². The SMILES string of the molecule is C=CC(=O)CC.CC=CC(C)=O. The van der Waals surface area contributed by atoms with E-state index in [0.717, 1.165) is 0 Å². The van der Waals surface area contributed by atoms with Gasteiger partial charge in [-0.15, -0.1) is 0 Å². The van der Waals surface area contributed by atoms with Crippen molar-refractivity contribution < 1.29 is 9.59 Å². The van der Waals surface area contributed by atoms with Crippen LogP contribution >= 0.6 is 0 Å². The number of ketones is 2. The van der Waals surface area contributed by atoms with Gasteiger partial charge in [-0.1, -0.05) is 19.6 Å². The number of carbonyl (C=O) groups is 2. The summed E-state index contributed by atoms with van der Waals surface area (Å²) < 4.78 is 0. The lowest BCUT2D eigenvalue weighted by molar-refractivity contribution is -0.114. The van der Waals surface area contributed by atoms with E-state index in [0.29, 0.717) is 6.42 Å². The van der Waals surface area contributed by atoms with Gasteiger partial charge in [-0.05, 0) is 26.0 Å².